The second-order valence-corrected chi connectivity index (χ2v) is 6.98. The summed E-state index contributed by atoms with van der Waals surface area (Å²) in [5.41, 5.74) is 1.34. The third-order valence-electron chi connectivity index (χ3n) is 4.89. The van der Waals surface area contributed by atoms with Crippen LogP contribution in [0.25, 0.3) is 0 Å². The van der Waals surface area contributed by atoms with Gasteiger partial charge in [-0.2, -0.15) is 0 Å². The minimum atomic E-state index is 0. The Bertz CT molecular complexity index is 454. The molecule has 1 aromatic carbocycles. The molecule has 1 unspecified atom stereocenters. The summed E-state index contributed by atoms with van der Waals surface area (Å²) in [6, 6.07) is 6.16. The first-order chi connectivity index (χ1) is 10.3. The first kappa shape index (κ1) is 17.9. The van der Waals surface area contributed by atoms with Crippen LogP contribution in [0, 0.1) is 5.92 Å². The summed E-state index contributed by atoms with van der Waals surface area (Å²) in [5.74, 6) is 2.35. The van der Waals surface area contributed by atoms with E-state index in [0.717, 1.165) is 30.5 Å². The fraction of sp³-hybridized carbons (Fsp3) is 0.667. The van der Waals surface area contributed by atoms with Gasteiger partial charge in [-0.05, 0) is 61.9 Å². The van der Waals surface area contributed by atoms with Crippen LogP contribution in [-0.2, 0) is 0 Å². The number of rotatable bonds is 4. The quantitative estimate of drug-likeness (QED) is 0.812. The molecule has 2 nitrogen and oxygen atoms in total. The molecule has 2 fully saturated rings. The van der Waals surface area contributed by atoms with Gasteiger partial charge in [-0.1, -0.05) is 30.9 Å². The maximum Gasteiger partial charge on any atom is 0.122 e. The highest BCUT2D eigenvalue weighted by molar-refractivity contribution is 6.30. The highest BCUT2D eigenvalue weighted by atomic mass is 35.5. The molecule has 0 bridgehead atoms. The van der Waals surface area contributed by atoms with Crippen molar-refractivity contribution in [1.82, 2.24) is 5.32 Å². The molecular formula is C18H27Cl2NO. The first-order valence-electron chi connectivity index (χ1n) is 8.46. The fourth-order valence-electron chi connectivity index (χ4n) is 3.66. The molecular weight excluding hydrogens is 317 g/mol. The van der Waals surface area contributed by atoms with E-state index in [9.17, 15) is 0 Å². The van der Waals surface area contributed by atoms with Gasteiger partial charge in [0.25, 0.3) is 0 Å². The topological polar surface area (TPSA) is 21.3 Å². The summed E-state index contributed by atoms with van der Waals surface area (Å²) in [7, 11) is 0. The van der Waals surface area contributed by atoms with Crippen LogP contribution in [0.5, 0.6) is 5.75 Å². The van der Waals surface area contributed by atoms with Crippen LogP contribution < -0.4 is 10.1 Å². The van der Waals surface area contributed by atoms with Gasteiger partial charge < -0.3 is 10.1 Å². The number of hydrogen-bond acceptors (Lipinski definition) is 2. The van der Waals surface area contributed by atoms with Gasteiger partial charge in [0.1, 0.15) is 5.75 Å². The van der Waals surface area contributed by atoms with E-state index in [2.05, 4.69) is 17.4 Å². The van der Waals surface area contributed by atoms with Crippen LogP contribution in [0.4, 0.5) is 0 Å². The van der Waals surface area contributed by atoms with Crippen molar-refractivity contribution in [2.45, 2.75) is 50.9 Å². The average Bonchev–Trinajstić information content (AvgIpc) is 2.55. The molecule has 1 aliphatic heterocycles. The first-order valence-corrected chi connectivity index (χ1v) is 8.83. The number of halogens is 2. The minimum Gasteiger partial charge on any atom is -0.493 e. The second-order valence-electron chi connectivity index (χ2n) is 6.54. The van der Waals surface area contributed by atoms with Gasteiger partial charge in [0.2, 0.25) is 0 Å². The monoisotopic (exact) mass is 343 g/mol. The summed E-state index contributed by atoms with van der Waals surface area (Å²) >= 11 is 6.22. The minimum absolute atomic E-state index is 0. The molecule has 3 rings (SSSR count). The predicted molar refractivity (Wildman–Crippen MR) is 95.6 cm³/mol. The smallest absolute Gasteiger partial charge is 0.122 e. The Labute approximate surface area is 145 Å². The SMILES string of the molecule is Cl.Clc1ccc(OCC2CCCNC2)c(C2CCCCC2)c1. The second kappa shape index (κ2) is 9.00. The molecule has 1 aliphatic carbocycles. The molecule has 22 heavy (non-hydrogen) atoms. The predicted octanol–water partition coefficient (Wildman–Crippen LogP) is 5.19. The van der Waals surface area contributed by atoms with Crippen molar-refractivity contribution in [3.63, 3.8) is 0 Å². The van der Waals surface area contributed by atoms with E-state index in [1.54, 1.807) is 0 Å². The van der Waals surface area contributed by atoms with E-state index in [0.29, 0.717) is 11.8 Å². The van der Waals surface area contributed by atoms with Crippen molar-refractivity contribution < 1.29 is 4.74 Å². The third kappa shape index (κ3) is 4.78. The molecule has 1 aromatic rings. The zero-order valence-electron chi connectivity index (χ0n) is 13.2. The number of piperidine rings is 1. The average molecular weight is 344 g/mol. The van der Waals surface area contributed by atoms with E-state index in [1.807, 2.05) is 6.07 Å². The van der Waals surface area contributed by atoms with Crippen LogP contribution >= 0.6 is 24.0 Å². The number of hydrogen-bond donors (Lipinski definition) is 1. The molecule has 0 amide bonds. The Hall–Kier alpha value is -0.440. The van der Waals surface area contributed by atoms with Gasteiger partial charge in [0.15, 0.2) is 0 Å². The van der Waals surface area contributed by atoms with Gasteiger partial charge in [0, 0.05) is 17.5 Å². The standard InChI is InChI=1S/C18H26ClNO.ClH/c19-16-8-9-18(21-13-14-5-4-10-20-12-14)17(11-16)15-6-2-1-3-7-15;/h8-9,11,14-15,20H,1-7,10,12-13H2;1H. The van der Waals surface area contributed by atoms with Crippen molar-refractivity contribution in [2.24, 2.45) is 5.92 Å². The van der Waals surface area contributed by atoms with Crippen LogP contribution in [0.15, 0.2) is 18.2 Å². The summed E-state index contributed by atoms with van der Waals surface area (Å²) < 4.78 is 6.19. The normalized spacial score (nSPS) is 22.9. The number of benzene rings is 1. The largest absolute Gasteiger partial charge is 0.493 e. The molecule has 124 valence electrons. The van der Waals surface area contributed by atoms with Gasteiger partial charge in [0.05, 0.1) is 6.61 Å². The van der Waals surface area contributed by atoms with Crippen LogP contribution in [0.3, 0.4) is 0 Å². The highest BCUT2D eigenvalue weighted by Gasteiger charge is 2.21. The zero-order chi connectivity index (χ0) is 14.5. The van der Waals surface area contributed by atoms with Crippen LogP contribution in [-0.4, -0.2) is 19.7 Å². The summed E-state index contributed by atoms with van der Waals surface area (Å²) in [4.78, 5) is 0. The fourth-order valence-corrected chi connectivity index (χ4v) is 3.84. The van der Waals surface area contributed by atoms with Gasteiger partial charge in [-0.3, -0.25) is 0 Å². The van der Waals surface area contributed by atoms with Crippen molar-refractivity contribution in [3.8, 4) is 5.75 Å². The van der Waals surface area contributed by atoms with E-state index in [1.165, 1.54) is 50.5 Å². The zero-order valence-corrected chi connectivity index (χ0v) is 14.7. The van der Waals surface area contributed by atoms with Crippen molar-refractivity contribution >= 4 is 24.0 Å². The number of ether oxygens (including phenoxy) is 1. The van der Waals surface area contributed by atoms with Crippen LogP contribution in [0.1, 0.15) is 56.4 Å². The van der Waals surface area contributed by atoms with E-state index < -0.39 is 0 Å². The maximum absolute atomic E-state index is 6.22. The summed E-state index contributed by atoms with van der Waals surface area (Å²) in [6.07, 6.45) is 9.15. The lowest BCUT2D eigenvalue weighted by Gasteiger charge is -2.26. The van der Waals surface area contributed by atoms with E-state index >= 15 is 0 Å². The van der Waals surface area contributed by atoms with Crippen molar-refractivity contribution in [1.29, 1.82) is 0 Å². The summed E-state index contributed by atoms with van der Waals surface area (Å²) in [6.45, 7) is 3.07. The highest BCUT2D eigenvalue weighted by Crippen LogP contribution is 2.38. The third-order valence-corrected chi connectivity index (χ3v) is 5.13. The Morgan fingerprint density at radius 3 is 2.64 bits per heavy atom. The van der Waals surface area contributed by atoms with E-state index in [-0.39, 0.29) is 12.4 Å². The summed E-state index contributed by atoms with van der Waals surface area (Å²) in [5, 5.41) is 4.29. The Balaban J connectivity index is 0.00000176. The molecule has 1 N–H and O–H groups in total. The van der Waals surface area contributed by atoms with Crippen molar-refractivity contribution in [2.75, 3.05) is 19.7 Å². The van der Waals surface area contributed by atoms with Gasteiger partial charge in [-0.15, -0.1) is 12.4 Å². The van der Waals surface area contributed by atoms with Crippen LogP contribution in [0.2, 0.25) is 5.02 Å². The van der Waals surface area contributed by atoms with Gasteiger partial charge in [-0.25, -0.2) is 0 Å². The lowest BCUT2D eigenvalue weighted by atomic mass is 9.83. The Morgan fingerprint density at radius 2 is 1.91 bits per heavy atom. The van der Waals surface area contributed by atoms with Gasteiger partial charge >= 0.3 is 0 Å². The lowest BCUT2D eigenvalue weighted by molar-refractivity contribution is 0.215. The molecule has 2 aliphatic rings. The molecule has 1 atom stereocenters. The molecule has 0 aromatic heterocycles. The molecule has 0 spiro atoms. The van der Waals surface area contributed by atoms with Crippen molar-refractivity contribution in [3.05, 3.63) is 28.8 Å². The molecule has 1 heterocycles. The molecule has 1 saturated carbocycles. The molecule has 4 heteroatoms. The lowest BCUT2D eigenvalue weighted by Crippen LogP contribution is -2.33. The Morgan fingerprint density at radius 1 is 1.09 bits per heavy atom. The number of nitrogens with one attached hydrogen (secondary N) is 1. The molecule has 1 saturated heterocycles. The molecule has 0 radical (unpaired) electrons. The van der Waals surface area contributed by atoms with E-state index in [4.69, 9.17) is 16.3 Å². The maximum atomic E-state index is 6.22. The Kier molecular flexibility index (Phi) is 7.33.